The Morgan fingerprint density at radius 1 is 1.25 bits per heavy atom. The van der Waals surface area contributed by atoms with Gasteiger partial charge in [-0.3, -0.25) is 4.79 Å². The molecule has 1 amide bonds. The van der Waals surface area contributed by atoms with Crippen molar-refractivity contribution in [2.24, 2.45) is 5.92 Å². The summed E-state index contributed by atoms with van der Waals surface area (Å²) in [5, 5.41) is 2.42. The molecule has 0 aromatic carbocycles. The molecule has 0 aromatic rings. The van der Waals surface area contributed by atoms with E-state index in [-0.39, 0.29) is 18.9 Å². The smallest absolute Gasteiger partial charge is 0.411 e. The summed E-state index contributed by atoms with van der Waals surface area (Å²) in [5.41, 5.74) is 0. The number of esters is 1. The average molecular weight is 299 g/mol. The van der Waals surface area contributed by atoms with Crippen LogP contribution < -0.4 is 5.32 Å². The van der Waals surface area contributed by atoms with Crippen LogP contribution in [0.25, 0.3) is 0 Å². The maximum atomic E-state index is 11.8. The lowest BCUT2D eigenvalue weighted by atomic mass is 10.0. The van der Waals surface area contributed by atoms with E-state index in [1.54, 1.807) is 0 Å². The highest BCUT2D eigenvalue weighted by Gasteiger charge is 2.27. The highest BCUT2D eigenvalue weighted by Crippen LogP contribution is 2.14. The summed E-state index contributed by atoms with van der Waals surface area (Å²) < 4.78 is 44.3. The van der Waals surface area contributed by atoms with E-state index in [0.717, 1.165) is 0 Å². The molecule has 1 N–H and O–H groups in total. The Hall–Kier alpha value is -1.31. The molecule has 0 rings (SSSR count). The van der Waals surface area contributed by atoms with E-state index in [1.165, 1.54) is 7.11 Å². The first kappa shape index (κ1) is 18.7. The van der Waals surface area contributed by atoms with Crippen LogP contribution in [0.5, 0.6) is 0 Å². The van der Waals surface area contributed by atoms with E-state index in [1.807, 2.05) is 13.8 Å². The van der Waals surface area contributed by atoms with Gasteiger partial charge in [-0.2, -0.15) is 13.2 Å². The summed E-state index contributed by atoms with van der Waals surface area (Å²) in [5.74, 6) is -0.979. The van der Waals surface area contributed by atoms with E-state index in [0.29, 0.717) is 6.42 Å². The quantitative estimate of drug-likeness (QED) is 0.547. The molecular formula is C12H20F3NO4. The number of carbonyl (C=O) groups excluding carboxylic acids is 2. The Kier molecular flexibility index (Phi) is 8.21. The molecule has 0 bridgehead atoms. The van der Waals surface area contributed by atoms with Gasteiger partial charge < -0.3 is 14.8 Å². The van der Waals surface area contributed by atoms with Crippen LogP contribution in [0.1, 0.15) is 26.7 Å². The van der Waals surface area contributed by atoms with Gasteiger partial charge in [0.05, 0.1) is 13.7 Å². The van der Waals surface area contributed by atoms with Crippen molar-refractivity contribution >= 4 is 11.9 Å². The van der Waals surface area contributed by atoms with Crippen LogP contribution in [0.4, 0.5) is 13.2 Å². The van der Waals surface area contributed by atoms with Gasteiger partial charge in [0, 0.05) is 6.42 Å². The van der Waals surface area contributed by atoms with Gasteiger partial charge in [-0.25, -0.2) is 4.79 Å². The summed E-state index contributed by atoms with van der Waals surface area (Å²) in [6.45, 7) is 1.98. The van der Waals surface area contributed by atoms with E-state index in [9.17, 15) is 22.8 Å². The normalized spacial score (nSPS) is 13.2. The SMILES string of the molecule is COC(=O)C(CC(C)C)NC(=O)CCOCC(F)(F)F. The highest BCUT2D eigenvalue weighted by atomic mass is 19.4. The van der Waals surface area contributed by atoms with Crippen molar-refractivity contribution in [3.63, 3.8) is 0 Å². The zero-order valence-corrected chi connectivity index (χ0v) is 11.8. The van der Waals surface area contributed by atoms with E-state index >= 15 is 0 Å². The van der Waals surface area contributed by atoms with Crippen LogP contribution in [0.2, 0.25) is 0 Å². The molecule has 0 heterocycles. The zero-order valence-electron chi connectivity index (χ0n) is 11.8. The van der Waals surface area contributed by atoms with Crippen molar-refractivity contribution in [1.82, 2.24) is 5.32 Å². The van der Waals surface area contributed by atoms with Crippen LogP contribution >= 0.6 is 0 Å². The molecule has 0 saturated carbocycles. The van der Waals surface area contributed by atoms with Gasteiger partial charge >= 0.3 is 12.1 Å². The van der Waals surface area contributed by atoms with Crippen molar-refractivity contribution in [1.29, 1.82) is 0 Å². The van der Waals surface area contributed by atoms with Crippen LogP contribution in [-0.2, 0) is 19.1 Å². The summed E-state index contributed by atoms with van der Waals surface area (Å²) in [7, 11) is 1.20. The fourth-order valence-electron chi connectivity index (χ4n) is 1.45. The number of halogens is 3. The predicted molar refractivity (Wildman–Crippen MR) is 64.9 cm³/mol. The third kappa shape index (κ3) is 9.60. The third-order valence-electron chi connectivity index (χ3n) is 2.27. The molecule has 1 atom stereocenters. The lowest BCUT2D eigenvalue weighted by molar-refractivity contribution is -0.174. The Balaban J connectivity index is 4.10. The number of hydrogen-bond donors (Lipinski definition) is 1. The molecule has 20 heavy (non-hydrogen) atoms. The minimum absolute atomic E-state index is 0.154. The number of alkyl halides is 3. The van der Waals surface area contributed by atoms with Crippen molar-refractivity contribution in [3.8, 4) is 0 Å². The van der Waals surface area contributed by atoms with Crippen LogP contribution in [-0.4, -0.2) is 44.4 Å². The van der Waals surface area contributed by atoms with Crippen molar-refractivity contribution < 1.29 is 32.2 Å². The van der Waals surface area contributed by atoms with Crippen LogP contribution in [0.15, 0.2) is 0 Å². The average Bonchev–Trinajstić information content (AvgIpc) is 2.31. The summed E-state index contributed by atoms with van der Waals surface area (Å²) in [4.78, 5) is 22.9. The fraction of sp³-hybridized carbons (Fsp3) is 0.833. The molecule has 0 radical (unpaired) electrons. The minimum Gasteiger partial charge on any atom is -0.467 e. The number of amides is 1. The number of rotatable bonds is 8. The first-order valence-corrected chi connectivity index (χ1v) is 6.17. The standard InChI is InChI=1S/C12H20F3NO4/c1-8(2)6-9(11(18)19-3)16-10(17)4-5-20-7-12(13,14)15/h8-9H,4-7H2,1-3H3,(H,16,17). The predicted octanol–water partition coefficient (Wildman–Crippen LogP) is 1.66. The molecule has 0 aliphatic carbocycles. The first-order valence-electron chi connectivity index (χ1n) is 6.17. The van der Waals surface area contributed by atoms with Gasteiger partial charge in [0.2, 0.25) is 5.91 Å². The second kappa shape index (κ2) is 8.78. The lowest BCUT2D eigenvalue weighted by Gasteiger charge is -2.18. The topological polar surface area (TPSA) is 64.6 Å². The Labute approximate surface area is 115 Å². The number of hydrogen-bond acceptors (Lipinski definition) is 4. The van der Waals surface area contributed by atoms with Gasteiger partial charge in [-0.05, 0) is 12.3 Å². The van der Waals surface area contributed by atoms with E-state index < -0.39 is 30.7 Å². The summed E-state index contributed by atoms with van der Waals surface area (Å²) >= 11 is 0. The number of methoxy groups -OCH3 is 1. The lowest BCUT2D eigenvalue weighted by Crippen LogP contribution is -2.42. The summed E-state index contributed by atoms with van der Waals surface area (Å²) in [6.07, 6.45) is -4.27. The molecule has 118 valence electrons. The molecule has 0 aliphatic rings. The maximum Gasteiger partial charge on any atom is 0.411 e. The molecule has 0 fully saturated rings. The second-order valence-electron chi connectivity index (χ2n) is 4.69. The minimum atomic E-state index is -4.41. The number of nitrogens with one attached hydrogen (secondary N) is 1. The van der Waals surface area contributed by atoms with Crippen molar-refractivity contribution in [2.45, 2.75) is 38.9 Å². The second-order valence-corrected chi connectivity index (χ2v) is 4.69. The van der Waals surface area contributed by atoms with Gasteiger partial charge in [-0.15, -0.1) is 0 Å². The van der Waals surface area contributed by atoms with Gasteiger partial charge in [-0.1, -0.05) is 13.8 Å². The van der Waals surface area contributed by atoms with Crippen molar-refractivity contribution in [3.05, 3.63) is 0 Å². The van der Waals surface area contributed by atoms with Crippen LogP contribution in [0.3, 0.4) is 0 Å². The number of ether oxygens (including phenoxy) is 2. The third-order valence-corrected chi connectivity index (χ3v) is 2.27. The molecule has 0 aliphatic heterocycles. The Morgan fingerprint density at radius 2 is 1.85 bits per heavy atom. The summed E-state index contributed by atoms with van der Waals surface area (Å²) in [6, 6.07) is -0.796. The molecule has 0 saturated heterocycles. The van der Waals surface area contributed by atoms with E-state index in [4.69, 9.17) is 0 Å². The maximum absolute atomic E-state index is 11.8. The zero-order chi connectivity index (χ0) is 15.8. The Bertz CT molecular complexity index is 318. The first-order chi connectivity index (χ1) is 9.15. The van der Waals surface area contributed by atoms with E-state index in [2.05, 4.69) is 14.8 Å². The Morgan fingerprint density at radius 3 is 2.30 bits per heavy atom. The van der Waals surface area contributed by atoms with Gasteiger partial charge in [0.25, 0.3) is 0 Å². The molecule has 0 spiro atoms. The molecular weight excluding hydrogens is 279 g/mol. The monoisotopic (exact) mass is 299 g/mol. The van der Waals surface area contributed by atoms with Gasteiger partial charge in [0.15, 0.2) is 0 Å². The largest absolute Gasteiger partial charge is 0.467 e. The highest BCUT2D eigenvalue weighted by molar-refractivity contribution is 5.84. The van der Waals surface area contributed by atoms with Crippen molar-refractivity contribution in [2.75, 3.05) is 20.3 Å². The number of carbonyl (C=O) groups is 2. The van der Waals surface area contributed by atoms with Gasteiger partial charge in [0.1, 0.15) is 12.6 Å². The fourth-order valence-corrected chi connectivity index (χ4v) is 1.45. The molecule has 1 unspecified atom stereocenters. The van der Waals surface area contributed by atoms with Crippen LogP contribution in [0, 0.1) is 5.92 Å². The molecule has 8 heteroatoms. The molecule has 0 aromatic heterocycles. The molecule has 5 nitrogen and oxygen atoms in total.